The number of carbonyl (C=O) groups excluding carboxylic acids is 1. The van der Waals surface area contributed by atoms with Crippen LogP contribution in [0.15, 0.2) is 53.3 Å². The quantitative estimate of drug-likeness (QED) is 0.895. The van der Waals surface area contributed by atoms with Crippen molar-refractivity contribution in [1.29, 1.82) is 0 Å². The summed E-state index contributed by atoms with van der Waals surface area (Å²) in [4.78, 5) is 14.1. The Balaban J connectivity index is 2.13. The highest BCUT2D eigenvalue weighted by Crippen LogP contribution is 2.14. The maximum absolute atomic E-state index is 12.1. The molecule has 4 heteroatoms. The molecule has 1 N–H and O–H groups in total. The Hall–Kier alpha value is -2.07. The van der Waals surface area contributed by atoms with Crippen LogP contribution in [0.1, 0.15) is 22.0 Å². The van der Waals surface area contributed by atoms with Crippen LogP contribution in [0.3, 0.4) is 0 Å². The molecular weight excluding hydrogens is 240 g/mol. The van der Waals surface area contributed by atoms with E-state index in [4.69, 9.17) is 4.42 Å². The van der Waals surface area contributed by atoms with Crippen LogP contribution in [0.4, 0.5) is 0 Å². The van der Waals surface area contributed by atoms with Crippen molar-refractivity contribution < 1.29 is 9.21 Å². The van der Waals surface area contributed by atoms with Crippen LogP contribution in [0, 0.1) is 0 Å². The largest absolute Gasteiger partial charge is 0.472 e. The summed E-state index contributed by atoms with van der Waals surface area (Å²) in [5, 5.41) is 3.03. The number of amides is 1. The molecule has 0 saturated carbocycles. The molecule has 0 aliphatic heterocycles. The monoisotopic (exact) mass is 258 g/mol. The lowest BCUT2D eigenvalue weighted by molar-refractivity contribution is 0.0929. The van der Waals surface area contributed by atoms with Gasteiger partial charge in [-0.1, -0.05) is 30.3 Å². The maximum atomic E-state index is 12.1. The molecule has 1 heterocycles. The highest BCUT2D eigenvalue weighted by atomic mass is 16.3. The highest BCUT2D eigenvalue weighted by Gasteiger charge is 2.16. The Kier molecular flexibility index (Phi) is 4.36. The predicted molar refractivity (Wildman–Crippen MR) is 73.9 cm³/mol. The molecule has 100 valence electrons. The molecule has 1 amide bonds. The SMILES string of the molecule is CN(C)CC(NC(=O)c1ccoc1)c1ccccc1. The van der Waals surface area contributed by atoms with Crippen LogP contribution in [0.25, 0.3) is 0 Å². The van der Waals surface area contributed by atoms with E-state index in [0.29, 0.717) is 5.56 Å². The van der Waals surface area contributed by atoms with Gasteiger partial charge in [0.05, 0.1) is 17.9 Å². The Morgan fingerprint density at radius 2 is 2.00 bits per heavy atom. The van der Waals surface area contributed by atoms with E-state index in [1.807, 2.05) is 49.3 Å². The van der Waals surface area contributed by atoms with E-state index in [1.165, 1.54) is 12.5 Å². The summed E-state index contributed by atoms with van der Waals surface area (Å²) < 4.78 is 4.93. The predicted octanol–water partition coefficient (Wildman–Crippen LogP) is 2.31. The van der Waals surface area contributed by atoms with Gasteiger partial charge in [-0.25, -0.2) is 0 Å². The second-order valence-corrected chi connectivity index (χ2v) is 4.71. The number of likely N-dealkylation sites (N-methyl/N-ethyl adjacent to an activating group) is 1. The van der Waals surface area contributed by atoms with Crippen molar-refractivity contribution >= 4 is 5.91 Å². The fourth-order valence-corrected chi connectivity index (χ4v) is 1.92. The van der Waals surface area contributed by atoms with Gasteiger partial charge in [0.1, 0.15) is 6.26 Å². The third-order valence-corrected chi connectivity index (χ3v) is 2.84. The number of nitrogens with one attached hydrogen (secondary N) is 1. The van der Waals surface area contributed by atoms with Gasteiger partial charge in [-0.15, -0.1) is 0 Å². The molecule has 1 unspecified atom stereocenters. The molecule has 0 aliphatic rings. The molecule has 0 fully saturated rings. The lowest BCUT2D eigenvalue weighted by Gasteiger charge is -2.22. The first kappa shape index (κ1) is 13.4. The smallest absolute Gasteiger partial charge is 0.255 e. The standard InChI is InChI=1S/C15H18N2O2/c1-17(2)10-14(12-6-4-3-5-7-12)16-15(18)13-8-9-19-11-13/h3-9,11,14H,10H2,1-2H3,(H,16,18). The maximum Gasteiger partial charge on any atom is 0.255 e. The fraction of sp³-hybridized carbons (Fsp3) is 0.267. The number of hydrogen-bond donors (Lipinski definition) is 1. The molecule has 0 spiro atoms. The first-order valence-corrected chi connectivity index (χ1v) is 6.19. The second-order valence-electron chi connectivity index (χ2n) is 4.71. The molecule has 0 radical (unpaired) electrons. The highest BCUT2D eigenvalue weighted by molar-refractivity contribution is 5.94. The molecule has 0 saturated heterocycles. The summed E-state index contributed by atoms with van der Waals surface area (Å²) in [5.41, 5.74) is 1.63. The zero-order valence-corrected chi connectivity index (χ0v) is 11.2. The minimum absolute atomic E-state index is 0.0430. The van der Waals surface area contributed by atoms with E-state index in [-0.39, 0.29) is 11.9 Å². The number of nitrogens with zero attached hydrogens (tertiary/aromatic N) is 1. The van der Waals surface area contributed by atoms with Crippen molar-refractivity contribution in [2.45, 2.75) is 6.04 Å². The average Bonchev–Trinajstić information content (AvgIpc) is 2.92. The summed E-state index contributed by atoms with van der Waals surface area (Å²) in [6.45, 7) is 0.744. The average molecular weight is 258 g/mol. The molecule has 1 aromatic carbocycles. The van der Waals surface area contributed by atoms with E-state index in [2.05, 4.69) is 5.32 Å². The first-order valence-electron chi connectivity index (χ1n) is 6.19. The minimum Gasteiger partial charge on any atom is -0.472 e. The molecule has 0 bridgehead atoms. The molecule has 2 aromatic rings. The molecular formula is C15H18N2O2. The number of rotatable bonds is 5. The van der Waals surface area contributed by atoms with Crippen molar-refractivity contribution in [3.05, 3.63) is 60.1 Å². The summed E-state index contributed by atoms with van der Waals surface area (Å²) in [6, 6.07) is 11.6. The van der Waals surface area contributed by atoms with E-state index in [9.17, 15) is 4.79 Å². The lowest BCUT2D eigenvalue weighted by atomic mass is 10.1. The molecule has 1 atom stereocenters. The van der Waals surface area contributed by atoms with Gasteiger partial charge in [-0.3, -0.25) is 4.79 Å². The number of furan rings is 1. The zero-order chi connectivity index (χ0) is 13.7. The Labute approximate surface area is 113 Å². The first-order chi connectivity index (χ1) is 9.16. The van der Waals surface area contributed by atoms with E-state index < -0.39 is 0 Å². The number of benzene rings is 1. The van der Waals surface area contributed by atoms with Crippen LogP contribution < -0.4 is 5.32 Å². The fourth-order valence-electron chi connectivity index (χ4n) is 1.92. The van der Waals surface area contributed by atoms with E-state index >= 15 is 0 Å². The topological polar surface area (TPSA) is 45.5 Å². The van der Waals surface area contributed by atoms with Gasteiger partial charge in [-0.05, 0) is 25.7 Å². The normalized spacial score (nSPS) is 12.4. The van der Waals surface area contributed by atoms with Gasteiger partial charge in [0.2, 0.25) is 0 Å². The number of hydrogen-bond acceptors (Lipinski definition) is 3. The second kappa shape index (κ2) is 6.20. The third kappa shape index (κ3) is 3.69. The lowest BCUT2D eigenvalue weighted by Crippen LogP contribution is -2.35. The van der Waals surface area contributed by atoms with Crippen molar-refractivity contribution in [3.63, 3.8) is 0 Å². The van der Waals surface area contributed by atoms with Gasteiger partial charge in [0.15, 0.2) is 0 Å². The van der Waals surface area contributed by atoms with Gasteiger partial charge < -0.3 is 14.6 Å². The van der Waals surface area contributed by atoms with Crippen LogP contribution in [-0.2, 0) is 0 Å². The summed E-state index contributed by atoms with van der Waals surface area (Å²) >= 11 is 0. The van der Waals surface area contributed by atoms with Gasteiger partial charge in [-0.2, -0.15) is 0 Å². The van der Waals surface area contributed by atoms with Crippen molar-refractivity contribution in [3.8, 4) is 0 Å². The number of carbonyl (C=O) groups is 1. The minimum atomic E-state index is -0.121. The van der Waals surface area contributed by atoms with Crippen molar-refractivity contribution in [1.82, 2.24) is 10.2 Å². The van der Waals surface area contributed by atoms with E-state index in [1.54, 1.807) is 6.07 Å². The molecule has 1 aromatic heterocycles. The Morgan fingerprint density at radius 1 is 1.26 bits per heavy atom. The molecule has 19 heavy (non-hydrogen) atoms. The zero-order valence-electron chi connectivity index (χ0n) is 11.2. The van der Waals surface area contributed by atoms with Crippen molar-refractivity contribution in [2.75, 3.05) is 20.6 Å². The summed E-state index contributed by atoms with van der Waals surface area (Å²) in [6.07, 6.45) is 2.95. The van der Waals surface area contributed by atoms with Crippen LogP contribution in [0.5, 0.6) is 0 Å². The third-order valence-electron chi connectivity index (χ3n) is 2.84. The molecule has 2 rings (SSSR count). The van der Waals surface area contributed by atoms with E-state index in [0.717, 1.165) is 12.1 Å². The van der Waals surface area contributed by atoms with Gasteiger partial charge >= 0.3 is 0 Å². The van der Waals surface area contributed by atoms with Crippen LogP contribution >= 0.6 is 0 Å². The van der Waals surface area contributed by atoms with Gasteiger partial charge in [0, 0.05) is 6.54 Å². The van der Waals surface area contributed by atoms with Crippen LogP contribution in [-0.4, -0.2) is 31.4 Å². The molecule has 0 aliphatic carbocycles. The van der Waals surface area contributed by atoms with Crippen molar-refractivity contribution in [2.24, 2.45) is 0 Å². The Bertz CT molecular complexity index is 506. The summed E-state index contributed by atoms with van der Waals surface area (Å²) in [5.74, 6) is -0.121. The van der Waals surface area contributed by atoms with Crippen LogP contribution in [0.2, 0.25) is 0 Å². The van der Waals surface area contributed by atoms with Gasteiger partial charge in [0.25, 0.3) is 5.91 Å². The Morgan fingerprint density at radius 3 is 2.58 bits per heavy atom. The molecule has 4 nitrogen and oxygen atoms in total. The summed E-state index contributed by atoms with van der Waals surface area (Å²) in [7, 11) is 3.97.